The molecule has 0 spiro atoms. The van der Waals surface area contributed by atoms with Crippen molar-refractivity contribution in [2.24, 2.45) is 0 Å². The number of fused-ring (bicyclic) bond motifs is 2. The number of hydrogen-bond acceptors (Lipinski definition) is 6. The summed E-state index contributed by atoms with van der Waals surface area (Å²) < 4.78 is 23.3. The summed E-state index contributed by atoms with van der Waals surface area (Å²) in [7, 11) is 0. The molecule has 1 saturated heterocycles. The van der Waals surface area contributed by atoms with Crippen molar-refractivity contribution in [3.8, 4) is 11.3 Å². The fourth-order valence-electron chi connectivity index (χ4n) is 4.41. The van der Waals surface area contributed by atoms with Crippen molar-refractivity contribution in [3.63, 3.8) is 0 Å². The number of imidazole rings is 1. The Bertz CT molecular complexity index is 1400. The lowest BCUT2D eigenvalue weighted by Gasteiger charge is -2.32. The molecule has 1 aliphatic heterocycles. The van der Waals surface area contributed by atoms with E-state index in [1.54, 1.807) is 4.90 Å². The summed E-state index contributed by atoms with van der Waals surface area (Å²) in [5.74, 6) is -0.143. The van der Waals surface area contributed by atoms with Gasteiger partial charge >= 0.3 is 6.09 Å². The summed E-state index contributed by atoms with van der Waals surface area (Å²) in [4.78, 5) is 27.9. The number of aromatic nitrogens is 4. The first-order chi connectivity index (χ1) is 16.1. The van der Waals surface area contributed by atoms with Crippen LogP contribution in [0.4, 0.5) is 9.18 Å². The van der Waals surface area contributed by atoms with Gasteiger partial charge in [-0.3, -0.25) is 4.98 Å². The topological polar surface area (TPSA) is 72.6 Å². The molecule has 1 aliphatic rings. The van der Waals surface area contributed by atoms with Crippen molar-refractivity contribution in [1.82, 2.24) is 24.3 Å². The van der Waals surface area contributed by atoms with Crippen LogP contribution in [0, 0.1) is 19.7 Å². The molecule has 0 saturated carbocycles. The Balaban J connectivity index is 1.38. The lowest BCUT2D eigenvalue weighted by Crippen LogP contribution is -2.41. The predicted octanol–water partition coefficient (Wildman–Crippen LogP) is 5.88. The minimum absolute atomic E-state index is 0.200. The molecule has 9 heteroatoms. The third-order valence-electron chi connectivity index (χ3n) is 5.98. The van der Waals surface area contributed by atoms with Gasteiger partial charge in [0.1, 0.15) is 11.1 Å². The largest absolute Gasteiger partial charge is 0.444 e. The predicted molar refractivity (Wildman–Crippen MR) is 131 cm³/mol. The van der Waals surface area contributed by atoms with Crippen LogP contribution in [0.2, 0.25) is 0 Å². The van der Waals surface area contributed by atoms with Gasteiger partial charge in [0.05, 0.1) is 26.8 Å². The molecule has 34 heavy (non-hydrogen) atoms. The molecule has 0 N–H and O–H groups in total. The van der Waals surface area contributed by atoms with Crippen molar-refractivity contribution < 1.29 is 13.9 Å². The molecule has 0 aliphatic carbocycles. The highest BCUT2D eigenvalue weighted by Gasteiger charge is 2.29. The van der Waals surface area contributed by atoms with Crippen LogP contribution in [0.1, 0.15) is 55.9 Å². The number of rotatable bonds is 2. The second-order valence-corrected chi connectivity index (χ2v) is 11.0. The smallest absolute Gasteiger partial charge is 0.410 e. The van der Waals surface area contributed by atoms with E-state index in [-0.39, 0.29) is 17.8 Å². The van der Waals surface area contributed by atoms with Crippen LogP contribution in [0.3, 0.4) is 0 Å². The van der Waals surface area contributed by atoms with Gasteiger partial charge in [-0.15, -0.1) is 11.3 Å². The van der Waals surface area contributed by atoms with Crippen LogP contribution in [0.5, 0.6) is 0 Å². The Hall–Kier alpha value is -3.07. The fraction of sp³-hybridized carbons (Fsp3) is 0.440. The average Bonchev–Trinajstić information content (AvgIpc) is 3.37. The number of ether oxygens (including phenoxy) is 1. The number of hydrogen-bond donors (Lipinski definition) is 0. The van der Waals surface area contributed by atoms with Gasteiger partial charge in [0.2, 0.25) is 0 Å². The van der Waals surface area contributed by atoms with Gasteiger partial charge in [-0.1, -0.05) is 0 Å². The normalized spacial score (nSPS) is 15.4. The van der Waals surface area contributed by atoms with E-state index < -0.39 is 5.60 Å². The summed E-state index contributed by atoms with van der Waals surface area (Å²) in [6, 6.07) is 3.47. The number of carbonyl (C=O) groups is 1. The van der Waals surface area contributed by atoms with Crippen molar-refractivity contribution in [3.05, 3.63) is 46.7 Å². The third-order valence-corrected chi connectivity index (χ3v) is 7.15. The van der Waals surface area contributed by atoms with Gasteiger partial charge in [-0.05, 0) is 59.6 Å². The van der Waals surface area contributed by atoms with Crippen LogP contribution in [0.25, 0.3) is 27.1 Å². The third kappa shape index (κ3) is 4.36. The molecule has 7 nitrogen and oxygen atoms in total. The zero-order valence-electron chi connectivity index (χ0n) is 20.1. The Kier molecular flexibility index (Phi) is 5.55. The fourth-order valence-corrected chi connectivity index (χ4v) is 5.60. The van der Waals surface area contributed by atoms with Gasteiger partial charge in [-0.2, -0.15) is 0 Å². The number of amides is 1. The molecule has 178 valence electrons. The zero-order chi connectivity index (χ0) is 24.2. The van der Waals surface area contributed by atoms with E-state index in [1.807, 2.05) is 57.5 Å². The van der Waals surface area contributed by atoms with E-state index in [0.29, 0.717) is 24.3 Å². The lowest BCUT2D eigenvalue weighted by atomic mass is 9.98. The van der Waals surface area contributed by atoms with Gasteiger partial charge < -0.3 is 14.0 Å². The molecule has 0 unspecified atom stereocenters. The number of halogens is 1. The molecule has 1 aromatic carbocycles. The quantitative estimate of drug-likeness (QED) is 0.358. The molecule has 0 atom stereocenters. The molecule has 0 bridgehead atoms. The van der Waals surface area contributed by atoms with E-state index in [0.717, 1.165) is 45.1 Å². The number of aryl methyl sites for hydroxylation is 2. The van der Waals surface area contributed by atoms with E-state index in [2.05, 4.69) is 15.0 Å². The van der Waals surface area contributed by atoms with Crippen LogP contribution in [0.15, 0.2) is 24.5 Å². The van der Waals surface area contributed by atoms with Crippen molar-refractivity contribution in [2.75, 3.05) is 13.1 Å². The van der Waals surface area contributed by atoms with Crippen LogP contribution < -0.4 is 0 Å². The highest BCUT2D eigenvalue weighted by Crippen LogP contribution is 2.37. The standard InChI is InChI=1S/C25H28FN5O2S/c1-14-12-31-13-19(28-22(31)15(2)27-14)17-10-18(26)21-20(11-17)34-23(29-21)16-6-8-30(9-7-16)24(32)33-25(3,4)5/h10-13,16H,6-9H2,1-5H3. The monoisotopic (exact) mass is 481 g/mol. The highest BCUT2D eigenvalue weighted by molar-refractivity contribution is 7.18. The Morgan fingerprint density at radius 3 is 2.56 bits per heavy atom. The Morgan fingerprint density at radius 1 is 1.12 bits per heavy atom. The maximum Gasteiger partial charge on any atom is 0.410 e. The molecular weight excluding hydrogens is 453 g/mol. The molecule has 5 rings (SSSR count). The van der Waals surface area contributed by atoms with Crippen molar-refractivity contribution >= 4 is 33.3 Å². The molecule has 3 aromatic heterocycles. The number of likely N-dealkylation sites (tertiary alicyclic amines) is 1. The van der Waals surface area contributed by atoms with E-state index in [4.69, 9.17) is 4.74 Å². The van der Waals surface area contributed by atoms with Gasteiger partial charge in [0.15, 0.2) is 11.5 Å². The van der Waals surface area contributed by atoms with Crippen molar-refractivity contribution in [2.45, 2.75) is 59.0 Å². The molecule has 1 amide bonds. The maximum absolute atomic E-state index is 15.1. The zero-order valence-corrected chi connectivity index (χ0v) is 20.9. The van der Waals surface area contributed by atoms with Crippen LogP contribution in [-0.4, -0.2) is 49.0 Å². The summed E-state index contributed by atoms with van der Waals surface area (Å²) in [5, 5.41) is 0.917. The molecule has 4 heterocycles. The first-order valence-corrected chi connectivity index (χ1v) is 12.3. The minimum atomic E-state index is -0.509. The second kappa shape index (κ2) is 8.30. The Morgan fingerprint density at radius 2 is 1.85 bits per heavy atom. The van der Waals surface area contributed by atoms with Crippen molar-refractivity contribution in [1.29, 1.82) is 0 Å². The molecule has 0 radical (unpaired) electrons. The van der Waals surface area contributed by atoms with Gasteiger partial charge in [-0.25, -0.2) is 19.2 Å². The summed E-state index contributed by atoms with van der Waals surface area (Å²) in [5.41, 5.74) is 3.83. The number of benzene rings is 1. The average molecular weight is 482 g/mol. The summed E-state index contributed by atoms with van der Waals surface area (Å²) in [6.45, 7) is 10.7. The van der Waals surface area contributed by atoms with Gasteiger partial charge in [0.25, 0.3) is 0 Å². The second-order valence-electron chi connectivity index (χ2n) is 9.92. The number of carbonyl (C=O) groups excluding carboxylic acids is 1. The number of piperidine rings is 1. The minimum Gasteiger partial charge on any atom is -0.444 e. The molecule has 4 aromatic rings. The number of thiazole rings is 1. The Labute approximate surface area is 201 Å². The van der Waals surface area contributed by atoms with Crippen LogP contribution >= 0.6 is 11.3 Å². The molecular formula is C25H28FN5O2S. The lowest BCUT2D eigenvalue weighted by molar-refractivity contribution is 0.0205. The SMILES string of the molecule is Cc1cn2cc(-c3cc(F)c4nc(C5CCN(C(=O)OC(C)(C)C)CC5)sc4c3)nc2c(C)n1. The van der Waals surface area contributed by atoms with E-state index >= 15 is 4.39 Å². The summed E-state index contributed by atoms with van der Waals surface area (Å²) >= 11 is 1.53. The molecule has 1 fully saturated rings. The van der Waals surface area contributed by atoms with Gasteiger partial charge in [0, 0.05) is 37.0 Å². The van der Waals surface area contributed by atoms with E-state index in [9.17, 15) is 4.79 Å². The number of nitrogens with zero attached hydrogens (tertiary/aromatic N) is 5. The highest BCUT2D eigenvalue weighted by atomic mass is 32.1. The first-order valence-electron chi connectivity index (χ1n) is 11.5. The van der Waals surface area contributed by atoms with Crippen LogP contribution in [-0.2, 0) is 4.74 Å². The first kappa shape index (κ1) is 22.7. The van der Waals surface area contributed by atoms with E-state index in [1.165, 1.54) is 17.4 Å². The maximum atomic E-state index is 15.1. The summed E-state index contributed by atoms with van der Waals surface area (Å²) in [6.07, 6.45) is 5.12.